The molecule has 0 amide bonds. The lowest BCUT2D eigenvalue weighted by Gasteiger charge is -2.15. The second-order valence-electron chi connectivity index (χ2n) is 3.62. The summed E-state index contributed by atoms with van der Waals surface area (Å²) in [6.07, 6.45) is -5.28. The predicted octanol–water partition coefficient (Wildman–Crippen LogP) is 2.15. The molecule has 0 saturated heterocycles. The van der Waals surface area contributed by atoms with Gasteiger partial charge in [-0.3, -0.25) is 4.79 Å². The van der Waals surface area contributed by atoms with Gasteiger partial charge in [0.1, 0.15) is 3.70 Å². The van der Waals surface area contributed by atoms with Gasteiger partial charge in [-0.1, -0.05) is 0 Å². The molecule has 0 aromatic carbocycles. The molecule has 0 radical (unpaired) electrons. The van der Waals surface area contributed by atoms with Crippen molar-refractivity contribution in [3.05, 3.63) is 20.9 Å². The van der Waals surface area contributed by atoms with Crippen molar-refractivity contribution < 1.29 is 27.4 Å². The molecule has 9 heteroatoms. The number of carbonyl (C=O) groups is 1. The van der Waals surface area contributed by atoms with Gasteiger partial charge in [0, 0.05) is 12.1 Å². The smallest absolute Gasteiger partial charge is 0.466 e. The molecule has 0 saturated carbocycles. The van der Waals surface area contributed by atoms with Gasteiger partial charge in [0.05, 0.1) is 13.0 Å². The van der Waals surface area contributed by atoms with Gasteiger partial charge in [-0.15, -0.1) is 13.2 Å². The third-order valence-corrected chi connectivity index (χ3v) is 2.76. The van der Waals surface area contributed by atoms with Gasteiger partial charge in [-0.05, 0) is 41.1 Å². The maximum Gasteiger partial charge on any atom is 0.574 e. The Hall–Kier alpha value is -1.10. The highest BCUT2D eigenvalue weighted by Crippen LogP contribution is 2.28. The molecule has 1 rings (SSSR count). The maximum atomic E-state index is 12.4. The van der Waals surface area contributed by atoms with Crippen molar-refractivity contribution in [3.8, 4) is 5.88 Å². The number of nitrogens with two attached hydrogens (primary N) is 1. The number of rotatable bonds is 5. The van der Waals surface area contributed by atoms with E-state index in [1.165, 1.54) is 6.07 Å². The summed E-state index contributed by atoms with van der Waals surface area (Å²) in [4.78, 5) is 15.1. The lowest BCUT2D eigenvalue weighted by molar-refractivity contribution is -0.276. The maximum absolute atomic E-state index is 12.4. The van der Waals surface area contributed by atoms with Gasteiger partial charge in [-0.2, -0.15) is 0 Å². The molecule has 0 unspecified atom stereocenters. The average molecular weight is 404 g/mol. The van der Waals surface area contributed by atoms with Crippen LogP contribution in [0.4, 0.5) is 13.2 Å². The molecule has 1 aromatic heterocycles. The molecular weight excluding hydrogens is 392 g/mol. The summed E-state index contributed by atoms with van der Waals surface area (Å²) in [5.41, 5.74) is 5.83. The van der Waals surface area contributed by atoms with Crippen LogP contribution in [0, 0.1) is 3.70 Å². The summed E-state index contributed by atoms with van der Waals surface area (Å²) in [6.45, 7) is 1.69. The van der Waals surface area contributed by atoms with Gasteiger partial charge in [0.2, 0.25) is 5.88 Å². The highest BCUT2D eigenvalue weighted by molar-refractivity contribution is 14.1. The first-order valence-electron chi connectivity index (χ1n) is 5.56. The van der Waals surface area contributed by atoms with E-state index in [0.717, 1.165) is 0 Å². The van der Waals surface area contributed by atoms with Crippen molar-refractivity contribution in [1.29, 1.82) is 0 Å². The number of halogens is 4. The van der Waals surface area contributed by atoms with Crippen molar-refractivity contribution in [3.63, 3.8) is 0 Å². The van der Waals surface area contributed by atoms with Crippen LogP contribution in [0.15, 0.2) is 6.07 Å². The zero-order valence-electron chi connectivity index (χ0n) is 10.5. The summed E-state index contributed by atoms with van der Waals surface area (Å²) in [5.74, 6) is -1.34. The summed E-state index contributed by atoms with van der Waals surface area (Å²) >= 11 is 1.74. The Morgan fingerprint density at radius 1 is 1.50 bits per heavy atom. The number of alkyl halides is 3. The van der Waals surface area contributed by atoms with Crippen molar-refractivity contribution in [2.75, 3.05) is 6.61 Å². The monoisotopic (exact) mass is 404 g/mol. The number of nitrogens with zero attached hydrogens (tertiary/aromatic N) is 1. The van der Waals surface area contributed by atoms with Gasteiger partial charge in [0.25, 0.3) is 0 Å². The van der Waals surface area contributed by atoms with Gasteiger partial charge < -0.3 is 15.2 Å². The molecule has 1 aromatic rings. The molecule has 0 aliphatic rings. The number of aromatic nitrogens is 1. The minimum Gasteiger partial charge on any atom is -0.466 e. The standard InChI is InChI=1S/C11H12F3IN2O3/c1-2-19-9(18)4-7-6(5-16)3-8(15)17-10(7)20-11(12,13)14/h3H,2,4-5,16H2,1H3. The fourth-order valence-electron chi connectivity index (χ4n) is 1.49. The predicted molar refractivity (Wildman–Crippen MR) is 71.9 cm³/mol. The Kier molecular flexibility index (Phi) is 5.99. The molecule has 2 N–H and O–H groups in total. The van der Waals surface area contributed by atoms with Crippen molar-refractivity contribution in [2.24, 2.45) is 5.73 Å². The average Bonchev–Trinajstić information content (AvgIpc) is 2.30. The van der Waals surface area contributed by atoms with Gasteiger partial charge in [-0.25, -0.2) is 4.98 Å². The van der Waals surface area contributed by atoms with E-state index in [1.807, 2.05) is 0 Å². The quantitative estimate of drug-likeness (QED) is 0.463. The molecule has 0 bridgehead atoms. The number of ether oxygens (including phenoxy) is 2. The first-order chi connectivity index (χ1) is 9.26. The SMILES string of the molecule is CCOC(=O)Cc1c(CN)cc(I)nc1OC(F)(F)F. The molecule has 0 fully saturated rings. The molecule has 0 atom stereocenters. The fourth-order valence-corrected chi connectivity index (χ4v) is 2.08. The molecule has 20 heavy (non-hydrogen) atoms. The van der Waals surface area contributed by atoms with E-state index in [0.29, 0.717) is 5.56 Å². The van der Waals surface area contributed by atoms with Crippen LogP contribution in [0.2, 0.25) is 0 Å². The van der Waals surface area contributed by atoms with Crippen molar-refractivity contribution in [2.45, 2.75) is 26.3 Å². The third-order valence-electron chi connectivity index (χ3n) is 2.21. The highest BCUT2D eigenvalue weighted by atomic mass is 127. The van der Waals surface area contributed by atoms with Gasteiger partial charge >= 0.3 is 12.3 Å². The Morgan fingerprint density at radius 3 is 2.65 bits per heavy atom. The van der Waals surface area contributed by atoms with Crippen molar-refractivity contribution >= 4 is 28.6 Å². The van der Waals surface area contributed by atoms with Gasteiger partial charge in [0.15, 0.2) is 0 Å². The van der Waals surface area contributed by atoms with Crippen LogP contribution in [0.1, 0.15) is 18.1 Å². The molecule has 0 aliphatic heterocycles. The van der Waals surface area contributed by atoms with E-state index >= 15 is 0 Å². The lowest BCUT2D eigenvalue weighted by Crippen LogP contribution is -2.21. The minimum atomic E-state index is -4.90. The van der Waals surface area contributed by atoms with Crippen LogP contribution in [-0.2, 0) is 22.5 Å². The topological polar surface area (TPSA) is 74.4 Å². The first-order valence-corrected chi connectivity index (χ1v) is 6.64. The van der Waals surface area contributed by atoms with Crippen molar-refractivity contribution in [1.82, 2.24) is 4.98 Å². The molecule has 0 aliphatic carbocycles. The normalized spacial score (nSPS) is 11.3. The molecule has 5 nitrogen and oxygen atoms in total. The largest absolute Gasteiger partial charge is 0.574 e. The highest BCUT2D eigenvalue weighted by Gasteiger charge is 2.34. The number of carbonyl (C=O) groups excluding carboxylic acids is 1. The molecular formula is C11H12F3IN2O3. The van der Waals surface area contributed by atoms with E-state index in [1.54, 1.807) is 29.5 Å². The Bertz CT molecular complexity index is 495. The third kappa shape index (κ3) is 5.12. The number of pyridine rings is 1. The summed E-state index contributed by atoms with van der Waals surface area (Å²) < 4.78 is 45.9. The number of hydrogen-bond donors (Lipinski definition) is 1. The zero-order chi connectivity index (χ0) is 15.3. The Morgan fingerprint density at radius 2 is 2.15 bits per heavy atom. The molecule has 1 heterocycles. The summed E-state index contributed by atoms with van der Waals surface area (Å²) in [6, 6.07) is 1.50. The van der Waals surface area contributed by atoms with Crippen LogP contribution < -0.4 is 10.5 Å². The summed E-state index contributed by atoms with van der Waals surface area (Å²) in [7, 11) is 0. The second kappa shape index (κ2) is 7.07. The summed E-state index contributed by atoms with van der Waals surface area (Å²) in [5, 5.41) is 0. The van der Waals surface area contributed by atoms with Crippen LogP contribution in [0.25, 0.3) is 0 Å². The zero-order valence-corrected chi connectivity index (χ0v) is 12.6. The van der Waals surface area contributed by atoms with Crippen LogP contribution in [-0.4, -0.2) is 23.9 Å². The number of hydrogen-bond acceptors (Lipinski definition) is 5. The molecule has 0 spiro atoms. The Balaban J connectivity index is 3.18. The first kappa shape index (κ1) is 17.0. The minimum absolute atomic E-state index is 0.0105. The Labute approximate surface area is 126 Å². The van der Waals surface area contributed by atoms with E-state index in [4.69, 9.17) is 10.5 Å². The van der Waals surface area contributed by atoms with E-state index < -0.39 is 18.2 Å². The molecule has 112 valence electrons. The van der Waals surface area contributed by atoms with Crippen LogP contribution in [0.3, 0.4) is 0 Å². The number of esters is 1. The fraction of sp³-hybridized carbons (Fsp3) is 0.455. The van der Waals surface area contributed by atoms with E-state index in [9.17, 15) is 18.0 Å². The van der Waals surface area contributed by atoms with E-state index in [2.05, 4.69) is 9.72 Å². The van der Waals surface area contributed by atoms with Crippen LogP contribution in [0.5, 0.6) is 5.88 Å². The van der Waals surface area contributed by atoms with Crippen LogP contribution >= 0.6 is 22.6 Å². The second-order valence-corrected chi connectivity index (χ2v) is 4.73. The van der Waals surface area contributed by atoms with E-state index in [-0.39, 0.29) is 28.8 Å². The lowest BCUT2D eigenvalue weighted by atomic mass is 10.1.